The van der Waals surface area contributed by atoms with Gasteiger partial charge in [0, 0.05) is 26.2 Å². The Morgan fingerprint density at radius 3 is 2.74 bits per heavy atom. The number of nitrogens with zero attached hydrogens (tertiary/aromatic N) is 3. The molecule has 1 aliphatic heterocycles. The number of piperazine rings is 1. The number of carbonyl (C=O) groups excluding carboxylic acids is 1. The fourth-order valence-corrected chi connectivity index (χ4v) is 4.49. The average molecular weight is 382 g/mol. The van der Waals surface area contributed by atoms with Crippen LogP contribution in [0.5, 0.6) is 5.75 Å². The number of carbonyl (C=O) groups is 1. The molecule has 0 saturated carbocycles. The zero-order valence-electron chi connectivity index (χ0n) is 15.6. The Labute approximate surface area is 163 Å². The van der Waals surface area contributed by atoms with Crippen molar-refractivity contribution in [3.63, 3.8) is 0 Å². The normalized spacial score (nSPS) is 14.6. The number of rotatable bonds is 4. The molecule has 140 valence electrons. The van der Waals surface area contributed by atoms with E-state index in [1.54, 1.807) is 18.4 Å². The molecule has 4 rings (SSSR count). The van der Waals surface area contributed by atoms with Crippen molar-refractivity contribution in [2.45, 2.75) is 13.3 Å². The third kappa shape index (κ3) is 3.90. The number of anilines is 1. The first-order chi connectivity index (χ1) is 13.1. The number of aryl methyl sites for hydroxylation is 1. The van der Waals surface area contributed by atoms with Gasteiger partial charge in [0.15, 0.2) is 5.13 Å². The Hall–Kier alpha value is -2.60. The highest BCUT2D eigenvalue weighted by Crippen LogP contribution is 2.30. The summed E-state index contributed by atoms with van der Waals surface area (Å²) in [5.41, 5.74) is 3.30. The van der Waals surface area contributed by atoms with Crippen LogP contribution >= 0.6 is 11.3 Å². The second-order valence-electron chi connectivity index (χ2n) is 6.86. The fourth-order valence-electron chi connectivity index (χ4n) is 3.37. The van der Waals surface area contributed by atoms with Crippen LogP contribution in [-0.2, 0) is 11.2 Å². The first kappa shape index (κ1) is 17.8. The van der Waals surface area contributed by atoms with Crippen LogP contribution in [0.25, 0.3) is 10.2 Å². The summed E-state index contributed by atoms with van der Waals surface area (Å²) in [5, 5.41) is 1.05. The largest absolute Gasteiger partial charge is 0.497 e. The van der Waals surface area contributed by atoms with Crippen molar-refractivity contribution < 1.29 is 9.53 Å². The molecule has 0 spiro atoms. The van der Waals surface area contributed by atoms with E-state index < -0.39 is 0 Å². The molecule has 2 aromatic carbocycles. The summed E-state index contributed by atoms with van der Waals surface area (Å²) in [7, 11) is 1.64. The lowest BCUT2D eigenvalue weighted by molar-refractivity contribution is -0.130. The van der Waals surface area contributed by atoms with Crippen molar-refractivity contribution in [3.8, 4) is 5.75 Å². The maximum absolute atomic E-state index is 12.6. The molecular weight excluding hydrogens is 358 g/mol. The third-order valence-corrected chi connectivity index (χ3v) is 6.00. The summed E-state index contributed by atoms with van der Waals surface area (Å²) in [4.78, 5) is 21.6. The number of hydrogen-bond acceptors (Lipinski definition) is 5. The van der Waals surface area contributed by atoms with Crippen molar-refractivity contribution in [1.82, 2.24) is 9.88 Å². The minimum Gasteiger partial charge on any atom is -0.497 e. The summed E-state index contributed by atoms with van der Waals surface area (Å²) < 4.78 is 6.46. The molecule has 6 heteroatoms. The minimum absolute atomic E-state index is 0.169. The lowest BCUT2D eigenvalue weighted by atomic mass is 10.1. The summed E-state index contributed by atoms with van der Waals surface area (Å²) in [6, 6.07) is 14.1. The first-order valence-electron chi connectivity index (χ1n) is 9.15. The van der Waals surface area contributed by atoms with E-state index in [1.807, 2.05) is 29.2 Å². The Kier molecular flexibility index (Phi) is 4.99. The molecule has 0 unspecified atom stereocenters. The van der Waals surface area contributed by atoms with Gasteiger partial charge in [0.1, 0.15) is 5.75 Å². The standard InChI is InChI=1S/C21H23N3O2S/c1-15-6-7-18-19(12-15)27-21(22-18)24-10-8-23(9-11-24)20(25)14-16-4-3-5-17(13-16)26-2/h3-7,12-13H,8-11,14H2,1-2H3. The highest BCUT2D eigenvalue weighted by molar-refractivity contribution is 7.22. The molecule has 0 bridgehead atoms. The number of benzene rings is 2. The van der Waals surface area contributed by atoms with Crippen LogP contribution in [0.2, 0.25) is 0 Å². The lowest BCUT2D eigenvalue weighted by Gasteiger charge is -2.34. The van der Waals surface area contributed by atoms with E-state index >= 15 is 0 Å². The smallest absolute Gasteiger partial charge is 0.227 e. The maximum Gasteiger partial charge on any atom is 0.227 e. The van der Waals surface area contributed by atoms with E-state index in [0.29, 0.717) is 6.42 Å². The maximum atomic E-state index is 12.6. The topological polar surface area (TPSA) is 45.7 Å². The van der Waals surface area contributed by atoms with Gasteiger partial charge in [-0.2, -0.15) is 0 Å². The summed E-state index contributed by atoms with van der Waals surface area (Å²) in [5.74, 6) is 0.957. The Morgan fingerprint density at radius 2 is 1.96 bits per heavy atom. The number of amides is 1. The van der Waals surface area contributed by atoms with Gasteiger partial charge < -0.3 is 14.5 Å². The number of fused-ring (bicyclic) bond motifs is 1. The van der Waals surface area contributed by atoms with Crippen molar-refractivity contribution in [2.24, 2.45) is 0 Å². The highest BCUT2D eigenvalue weighted by Gasteiger charge is 2.23. The molecular formula is C21H23N3O2S. The summed E-state index contributed by atoms with van der Waals surface area (Å²) in [6.45, 7) is 5.21. The van der Waals surface area contributed by atoms with E-state index in [-0.39, 0.29) is 5.91 Å². The van der Waals surface area contributed by atoms with Gasteiger partial charge in [-0.15, -0.1) is 0 Å². The molecule has 27 heavy (non-hydrogen) atoms. The number of ether oxygens (including phenoxy) is 1. The van der Waals surface area contributed by atoms with E-state index in [9.17, 15) is 4.79 Å². The van der Waals surface area contributed by atoms with Crippen molar-refractivity contribution in [3.05, 3.63) is 53.6 Å². The van der Waals surface area contributed by atoms with Crippen molar-refractivity contribution >= 4 is 32.6 Å². The van der Waals surface area contributed by atoms with Crippen LogP contribution in [0.1, 0.15) is 11.1 Å². The second-order valence-corrected chi connectivity index (χ2v) is 7.87. The van der Waals surface area contributed by atoms with Crippen LogP contribution < -0.4 is 9.64 Å². The number of thiazole rings is 1. The van der Waals surface area contributed by atoms with Crippen LogP contribution in [0.15, 0.2) is 42.5 Å². The van der Waals surface area contributed by atoms with Crippen molar-refractivity contribution in [2.75, 3.05) is 38.2 Å². The molecule has 2 heterocycles. The molecule has 1 amide bonds. The van der Waals surface area contributed by atoms with Gasteiger partial charge >= 0.3 is 0 Å². The van der Waals surface area contributed by atoms with E-state index in [1.165, 1.54) is 10.3 Å². The van der Waals surface area contributed by atoms with Gasteiger partial charge in [0.25, 0.3) is 0 Å². The molecule has 0 aliphatic carbocycles. The van der Waals surface area contributed by atoms with Crippen LogP contribution in [0, 0.1) is 6.92 Å². The first-order valence-corrected chi connectivity index (χ1v) is 9.97. The van der Waals surface area contributed by atoms with Crippen LogP contribution in [0.4, 0.5) is 5.13 Å². The highest BCUT2D eigenvalue weighted by atomic mass is 32.1. The monoisotopic (exact) mass is 381 g/mol. The molecule has 1 aliphatic rings. The molecule has 0 atom stereocenters. The van der Waals surface area contributed by atoms with Gasteiger partial charge in [-0.1, -0.05) is 29.5 Å². The number of hydrogen-bond donors (Lipinski definition) is 0. The van der Waals surface area contributed by atoms with E-state index in [0.717, 1.165) is 48.1 Å². The Morgan fingerprint density at radius 1 is 1.15 bits per heavy atom. The molecule has 0 N–H and O–H groups in total. The molecule has 0 radical (unpaired) electrons. The summed E-state index contributed by atoms with van der Waals surface area (Å²) in [6.07, 6.45) is 0.414. The van der Waals surface area contributed by atoms with E-state index in [2.05, 4.69) is 30.0 Å². The van der Waals surface area contributed by atoms with Gasteiger partial charge in [-0.05, 0) is 42.3 Å². The predicted molar refractivity (Wildman–Crippen MR) is 110 cm³/mol. The van der Waals surface area contributed by atoms with E-state index in [4.69, 9.17) is 9.72 Å². The molecule has 1 aromatic heterocycles. The number of methoxy groups -OCH3 is 1. The Bertz CT molecular complexity index is 961. The van der Waals surface area contributed by atoms with Crippen molar-refractivity contribution in [1.29, 1.82) is 0 Å². The van der Waals surface area contributed by atoms with Gasteiger partial charge in [-0.3, -0.25) is 4.79 Å². The SMILES string of the molecule is COc1cccc(CC(=O)N2CCN(c3nc4ccc(C)cc4s3)CC2)c1. The molecule has 1 fully saturated rings. The average Bonchev–Trinajstić information content (AvgIpc) is 3.11. The second kappa shape index (κ2) is 7.56. The minimum atomic E-state index is 0.169. The molecule has 3 aromatic rings. The molecule has 1 saturated heterocycles. The Balaban J connectivity index is 1.38. The quantitative estimate of drug-likeness (QED) is 0.694. The molecule has 5 nitrogen and oxygen atoms in total. The lowest BCUT2D eigenvalue weighted by Crippen LogP contribution is -2.49. The fraction of sp³-hybridized carbons (Fsp3) is 0.333. The van der Waals surface area contributed by atoms with Crippen LogP contribution in [-0.4, -0.2) is 49.1 Å². The van der Waals surface area contributed by atoms with Gasteiger partial charge in [0.2, 0.25) is 5.91 Å². The number of aromatic nitrogens is 1. The third-order valence-electron chi connectivity index (χ3n) is 4.93. The van der Waals surface area contributed by atoms with Crippen LogP contribution in [0.3, 0.4) is 0 Å². The predicted octanol–water partition coefficient (Wildman–Crippen LogP) is 3.50. The van der Waals surface area contributed by atoms with Gasteiger partial charge in [-0.25, -0.2) is 4.98 Å². The summed E-state index contributed by atoms with van der Waals surface area (Å²) >= 11 is 1.73. The van der Waals surface area contributed by atoms with Gasteiger partial charge in [0.05, 0.1) is 23.7 Å². The zero-order valence-corrected chi connectivity index (χ0v) is 16.5. The zero-order chi connectivity index (χ0) is 18.8.